The summed E-state index contributed by atoms with van der Waals surface area (Å²) in [6.45, 7) is 7.69. The fraction of sp³-hybridized carbons (Fsp3) is 0.400. The zero-order chi connectivity index (χ0) is 13.0. The van der Waals surface area contributed by atoms with E-state index in [0.29, 0.717) is 6.04 Å². The zero-order valence-electron chi connectivity index (χ0n) is 11.2. The largest absolute Gasteiger partial charge is 0.309 e. The molecular weight excluding hydrogens is 240 g/mol. The van der Waals surface area contributed by atoms with Crippen molar-refractivity contribution < 1.29 is 0 Å². The highest BCUT2D eigenvalue weighted by Gasteiger charge is 2.21. The van der Waals surface area contributed by atoms with E-state index in [1.54, 1.807) is 11.3 Å². The first-order valence-electron chi connectivity index (χ1n) is 6.27. The third-order valence-corrected chi connectivity index (χ3v) is 4.24. The van der Waals surface area contributed by atoms with Crippen molar-refractivity contribution in [3.8, 4) is 0 Å². The van der Waals surface area contributed by atoms with E-state index in [1.807, 2.05) is 11.7 Å². The van der Waals surface area contributed by atoms with Gasteiger partial charge in [-0.15, -0.1) is 11.3 Å². The van der Waals surface area contributed by atoms with E-state index in [0.717, 1.165) is 6.54 Å². The first-order chi connectivity index (χ1) is 8.59. The number of benzene rings is 1. The van der Waals surface area contributed by atoms with E-state index >= 15 is 0 Å². The minimum atomic E-state index is 0.139. The summed E-state index contributed by atoms with van der Waals surface area (Å²) < 4.78 is 0. The number of rotatable bonds is 5. The Bertz CT molecular complexity index is 463. The van der Waals surface area contributed by atoms with Gasteiger partial charge in [0.15, 0.2) is 0 Å². The van der Waals surface area contributed by atoms with Crippen LogP contribution in [0.5, 0.6) is 0 Å². The average molecular weight is 260 g/mol. The van der Waals surface area contributed by atoms with Crippen molar-refractivity contribution in [3.05, 3.63) is 52.5 Å². The van der Waals surface area contributed by atoms with Gasteiger partial charge in [0, 0.05) is 29.1 Å². The average Bonchev–Trinajstić information content (AvgIpc) is 2.91. The van der Waals surface area contributed by atoms with Gasteiger partial charge >= 0.3 is 0 Å². The molecule has 0 saturated heterocycles. The molecule has 0 radical (unpaired) electrons. The van der Waals surface area contributed by atoms with E-state index in [-0.39, 0.29) is 5.41 Å². The Morgan fingerprint density at radius 3 is 2.61 bits per heavy atom. The van der Waals surface area contributed by atoms with E-state index in [9.17, 15) is 0 Å². The monoisotopic (exact) mass is 260 g/mol. The molecule has 18 heavy (non-hydrogen) atoms. The van der Waals surface area contributed by atoms with Gasteiger partial charge in [-0.1, -0.05) is 44.2 Å². The number of nitrogens with one attached hydrogen (secondary N) is 1. The van der Waals surface area contributed by atoms with Crippen LogP contribution < -0.4 is 5.32 Å². The molecule has 96 valence electrons. The van der Waals surface area contributed by atoms with Crippen LogP contribution >= 0.6 is 11.3 Å². The molecule has 0 bridgehead atoms. The van der Waals surface area contributed by atoms with Crippen LogP contribution in [0.2, 0.25) is 0 Å². The molecule has 2 rings (SSSR count). The van der Waals surface area contributed by atoms with E-state index < -0.39 is 0 Å². The van der Waals surface area contributed by atoms with Crippen molar-refractivity contribution in [3.63, 3.8) is 0 Å². The Balaban J connectivity index is 1.97. The SMILES string of the molecule is CC(NCC(C)(C)c1ccccc1)c1cncs1. The van der Waals surface area contributed by atoms with Crippen LogP contribution in [-0.2, 0) is 5.41 Å². The second-order valence-corrected chi connectivity index (χ2v) is 6.17. The Morgan fingerprint density at radius 1 is 1.28 bits per heavy atom. The fourth-order valence-electron chi connectivity index (χ4n) is 1.94. The van der Waals surface area contributed by atoms with Crippen molar-refractivity contribution in [2.75, 3.05) is 6.54 Å². The van der Waals surface area contributed by atoms with E-state index in [4.69, 9.17) is 0 Å². The Hall–Kier alpha value is -1.19. The third kappa shape index (κ3) is 3.18. The summed E-state index contributed by atoms with van der Waals surface area (Å²) in [7, 11) is 0. The van der Waals surface area contributed by atoms with Crippen molar-refractivity contribution in [1.29, 1.82) is 0 Å². The molecule has 0 saturated carbocycles. The highest BCUT2D eigenvalue weighted by Crippen LogP contribution is 2.24. The van der Waals surface area contributed by atoms with Crippen LogP contribution in [0.25, 0.3) is 0 Å². The lowest BCUT2D eigenvalue weighted by Gasteiger charge is -2.27. The molecule has 0 aliphatic heterocycles. The predicted molar refractivity (Wildman–Crippen MR) is 78.0 cm³/mol. The van der Waals surface area contributed by atoms with Gasteiger partial charge in [-0.05, 0) is 12.5 Å². The number of hydrogen-bond donors (Lipinski definition) is 1. The quantitative estimate of drug-likeness (QED) is 0.885. The van der Waals surface area contributed by atoms with Crippen LogP contribution in [0.15, 0.2) is 42.0 Å². The highest BCUT2D eigenvalue weighted by molar-refractivity contribution is 7.09. The lowest BCUT2D eigenvalue weighted by atomic mass is 9.84. The van der Waals surface area contributed by atoms with Gasteiger partial charge in [-0.2, -0.15) is 0 Å². The Kier molecular flexibility index (Phi) is 4.15. The Morgan fingerprint density at radius 2 is 2.00 bits per heavy atom. The smallest absolute Gasteiger partial charge is 0.0794 e. The third-order valence-electron chi connectivity index (χ3n) is 3.28. The first kappa shape index (κ1) is 13.2. The Labute approximate surface area is 113 Å². The normalized spacial score (nSPS) is 13.5. The van der Waals surface area contributed by atoms with Gasteiger partial charge in [-0.3, -0.25) is 4.98 Å². The number of aromatic nitrogens is 1. The maximum Gasteiger partial charge on any atom is 0.0794 e. The van der Waals surface area contributed by atoms with Crippen LogP contribution in [0, 0.1) is 0 Å². The highest BCUT2D eigenvalue weighted by atomic mass is 32.1. The van der Waals surface area contributed by atoms with Crippen molar-refractivity contribution in [1.82, 2.24) is 10.3 Å². The second-order valence-electron chi connectivity index (χ2n) is 5.26. The van der Waals surface area contributed by atoms with Crippen LogP contribution in [0.3, 0.4) is 0 Å². The zero-order valence-corrected chi connectivity index (χ0v) is 12.0. The molecule has 1 atom stereocenters. The van der Waals surface area contributed by atoms with Gasteiger partial charge in [0.25, 0.3) is 0 Å². The van der Waals surface area contributed by atoms with Crippen molar-refractivity contribution in [2.24, 2.45) is 0 Å². The van der Waals surface area contributed by atoms with Crippen LogP contribution in [-0.4, -0.2) is 11.5 Å². The lowest BCUT2D eigenvalue weighted by Crippen LogP contribution is -2.34. The summed E-state index contributed by atoms with van der Waals surface area (Å²) >= 11 is 1.70. The molecule has 2 aromatic rings. The summed E-state index contributed by atoms with van der Waals surface area (Å²) in [5, 5.41) is 3.59. The number of hydrogen-bond acceptors (Lipinski definition) is 3. The minimum Gasteiger partial charge on any atom is -0.309 e. The molecule has 0 aliphatic rings. The summed E-state index contributed by atoms with van der Waals surface area (Å²) in [5.41, 5.74) is 3.39. The molecule has 2 nitrogen and oxygen atoms in total. The van der Waals surface area contributed by atoms with Gasteiger partial charge in [0.05, 0.1) is 5.51 Å². The molecule has 0 spiro atoms. The van der Waals surface area contributed by atoms with E-state index in [1.165, 1.54) is 10.4 Å². The van der Waals surface area contributed by atoms with Crippen LogP contribution in [0.1, 0.15) is 37.3 Å². The lowest BCUT2D eigenvalue weighted by molar-refractivity contribution is 0.438. The molecule has 1 aromatic heterocycles. The minimum absolute atomic E-state index is 0.139. The molecule has 1 N–H and O–H groups in total. The summed E-state index contributed by atoms with van der Waals surface area (Å²) in [6.07, 6.45) is 1.94. The summed E-state index contributed by atoms with van der Waals surface area (Å²) in [6, 6.07) is 11.0. The molecule has 1 aromatic carbocycles. The van der Waals surface area contributed by atoms with Gasteiger partial charge < -0.3 is 5.32 Å². The standard InChI is InChI=1S/C15H20N2S/c1-12(14-9-16-11-18-14)17-10-15(2,3)13-7-5-4-6-8-13/h4-9,11-12,17H,10H2,1-3H3. The van der Waals surface area contributed by atoms with Crippen molar-refractivity contribution >= 4 is 11.3 Å². The maximum absolute atomic E-state index is 4.12. The molecule has 0 aliphatic carbocycles. The molecule has 1 unspecified atom stereocenters. The summed E-state index contributed by atoms with van der Waals surface area (Å²) in [5.74, 6) is 0. The van der Waals surface area contributed by atoms with Crippen molar-refractivity contribution in [2.45, 2.75) is 32.2 Å². The molecule has 0 amide bonds. The number of thiazole rings is 1. The number of nitrogens with zero attached hydrogens (tertiary/aromatic N) is 1. The molecule has 0 fully saturated rings. The predicted octanol–water partition coefficient (Wildman–Crippen LogP) is 3.77. The first-order valence-corrected chi connectivity index (χ1v) is 7.15. The molecular formula is C15H20N2S. The topological polar surface area (TPSA) is 24.9 Å². The second kappa shape index (κ2) is 5.63. The fourth-order valence-corrected chi connectivity index (χ4v) is 2.59. The molecule has 3 heteroatoms. The van der Waals surface area contributed by atoms with Gasteiger partial charge in [-0.25, -0.2) is 0 Å². The maximum atomic E-state index is 4.12. The summed E-state index contributed by atoms with van der Waals surface area (Å²) in [4.78, 5) is 5.41. The van der Waals surface area contributed by atoms with Crippen LogP contribution in [0.4, 0.5) is 0 Å². The molecule has 1 heterocycles. The van der Waals surface area contributed by atoms with E-state index in [2.05, 4.69) is 61.4 Å². The van der Waals surface area contributed by atoms with Gasteiger partial charge in [0.2, 0.25) is 0 Å². The van der Waals surface area contributed by atoms with Gasteiger partial charge in [0.1, 0.15) is 0 Å².